The highest BCUT2D eigenvalue weighted by Gasteiger charge is 2.24. The van der Waals surface area contributed by atoms with Crippen LogP contribution < -0.4 is 11.1 Å². The highest BCUT2D eigenvalue weighted by Crippen LogP contribution is 2.25. The lowest BCUT2D eigenvalue weighted by Gasteiger charge is -2.18. The van der Waals surface area contributed by atoms with Crippen molar-refractivity contribution >= 4 is 17.2 Å². The van der Waals surface area contributed by atoms with Crippen molar-refractivity contribution in [3.63, 3.8) is 0 Å². The summed E-state index contributed by atoms with van der Waals surface area (Å²) in [5.41, 5.74) is 11.0. The van der Waals surface area contributed by atoms with Gasteiger partial charge in [-0.05, 0) is 35.7 Å². The van der Waals surface area contributed by atoms with E-state index in [4.69, 9.17) is 5.73 Å². The molecule has 0 saturated heterocycles. The highest BCUT2D eigenvalue weighted by atomic mass is 16.1. The number of fused-ring (bicyclic) bond motifs is 1. The Balaban J connectivity index is 1.37. The first-order chi connectivity index (χ1) is 17.5. The molecule has 0 radical (unpaired) electrons. The summed E-state index contributed by atoms with van der Waals surface area (Å²) in [5, 5.41) is 12.1. The van der Waals surface area contributed by atoms with Crippen molar-refractivity contribution in [2.45, 2.75) is 12.5 Å². The largest absolute Gasteiger partial charge is 0.366 e. The van der Waals surface area contributed by atoms with Gasteiger partial charge in [0.2, 0.25) is 5.91 Å². The molecule has 0 fully saturated rings. The Kier molecular flexibility index (Phi) is 6.42. The van der Waals surface area contributed by atoms with E-state index in [-0.39, 0.29) is 5.78 Å². The van der Waals surface area contributed by atoms with Gasteiger partial charge in [-0.1, -0.05) is 48.5 Å². The summed E-state index contributed by atoms with van der Waals surface area (Å²) in [5.74, 6) is -0.496. The van der Waals surface area contributed by atoms with Crippen molar-refractivity contribution in [1.82, 2.24) is 24.7 Å². The molecule has 3 heterocycles. The third-order valence-electron chi connectivity index (χ3n) is 6.22. The second kappa shape index (κ2) is 9.97. The first-order valence-electron chi connectivity index (χ1n) is 11.7. The number of aryl methyl sites for hydroxylation is 1. The summed E-state index contributed by atoms with van der Waals surface area (Å²) >= 11 is 0. The number of Topliss-reactive ketones (excluding diaryl/α,β-unsaturated/α-hetero) is 1. The zero-order valence-electron chi connectivity index (χ0n) is 19.8. The topological polar surface area (TPSA) is 107 Å². The van der Waals surface area contributed by atoms with Gasteiger partial charge in [0.25, 0.3) is 0 Å². The van der Waals surface area contributed by atoms with Crippen LogP contribution in [-0.2, 0) is 13.5 Å². The Morgan fingerprint density at radius 1 is 0.917 bits per heavy atom. The Hall–Kier alpha value is -4.56. The molecule has 8 nitrogen and oxygen atoms in total. The molecule has 36 heavy (non-hydrogen) atoms. The number of rotatable bonds is 9. The lowest BCUT2D eigenvalue weighted by molar-refractivity contribution is 0.0943. The van der Waals surface area contributed by atoms with E-state index in [0.717, 1.165) is 27.8 Å². The summed E-state index contributed by atoms with van der Waals surface area (Å²) in [6.07, 6.45) is 7.97. The number of ketones is 1. The van der Waals surface area contributed by atoms with Gasteiger partial charge >= 0.3 is 0 Å². The first kappa shape index (κ1) is 23.2. The molecule has 5 aromatic rings. The van der Waals surface area contributed by atoms with Gasteiger partial charge in [-0.2, -0.15) is 10.2 Å². The van der Waals surface area contributed by atoms with Crippen LogP contribution in [0.5, 0.6) is 0 Å². The third kappa shape index (κ3) is 4.80. The fraction of sp³-hybridized carbons (Fsp3) is 0.143. The van der Waals surface area contributed by atoms with Crippen molar-refractivity contribution in [1.29, 1.82) is 0 Å². The Bertz CT molecular complexity index is 1520. The smallest absolute Gasteiger partial charge is 0.248 e. The van der Waals surface area contributed by atoms with Crippen LogP contribution >= 0.6 is 0 Å². The highest BCUT2D eigenvalue weighted by molar-refractivity contribution is 6.06. The van der Waals surface area contributed by atoms with Gasteiger partial charge < -0.3 is 11.1 Å². The number of amides is 1. The minimum absolute atomic E-state index is 0.0468. The Labute approximate surface area is 208 Å². The molecule has 8 heteroatoms. The standard InChI is InChI=1S/C28H26N6O2/c1-33-17-23(15-31-33)22-11-12-25-24(16-32-34(25)18-22)27(35)26(20-5-3-2-4-6-20)30-14-13-19-7-9-21(10-8-19)28(29)36/h2-12,15-18,26,30H,13-14H2,1H3,(H2,29,36)/t26-/m0/s1. The fourth-order valence-electron chi connectivity index (χ4n) is 4.27. The predicted octanol–water partition coefficient (Wildman–Crippen LogP) is 3.59. The maximum absolute atomic E-state index is 13.8. The molecular weight excluding hydrogens is 452 g/mol. The summed E-state index contributed by atoms with van der Waals surface area (Å²) in [7, 11) is 1.87. The van der Waals surface area contributed by atoms with Crippen LogP contribution in [0.4, 0.5) is 0 Å². The average Bonchev–Trinajstić information content (AvgIpc) is 3.53. The normalized spacial score (nSPS) is 12.0. The van der Waals surface area contributed by atoms with Gasteiger partial charge in [-0.25, -0.2) is 4.52 Å². The number of aromatic nitrogens is 4. The monoisotopic (exact) mass is 478 g/mol. The molecule has 3 N–H and O–H groups in total. The minimum atomic E-state index is -0.526. The van der Waals surface area contributed by atoms with Gasteiger partial charge in [-0.15, -0.1) is 0 Å². The molecule has 0 unspecified atom stereocenters. The van der Waals surface area contributed by atoms with Crippen molar-refractivity contribution in [3.05, 3.63) is 114 Å². The fourth-order valence-corrected chi connectivity index (χ4v) is 4.27. The van der Waals surface area contributed by atoms with Crippen LogP contribution in [0.2, 0.25) is 0 Å². The second-order valence-electron chi connectivity index (χ2n) is 8.68. The van der Waals surface area contributed by atoms with E-state index in [1.54, 1.807) is 33.7 Å². The van der Waals surface area contributed by atoms with E-state index < -0.39 is 11.9 Å². The van der Waals surface area contributed by atoms with Crippen LogP contribution in [0.3, 0.4) is 0 Å². The molecule has 0 aliphatic carbocycles. The number of pyridine rings is 1. The van der Waals surface area contributed by atoms with Crippen LogP contribution in [0.25, 0.3) is 16.6 Å². The lowest BCUT2D eigenvalue weighted by Crippen LogP contribution is -2.30. The van der Waals surface area contributed by atoms with Gasteiger partial charge in [0, 0.05) is 42.7 Å². The van der Waals surface area contributed by atoms with Crippen molar-refractivity contribution in [2.75, 3.05) is 6.54 Å². The molecule has 2 aromatic carbocycles. The number of hydrogen-bond donors (Lipinski definition) is 2. The van der Waals surface area contributed by atoms with Crippen molar-refractivity contribution in [2.24, 2.45) is 12.8 Å². The maximum Gasteiger partial charge on any atom is 0.248 e. The average molecular weight is 479 g/mol. The number of benzene rings is 2. The minimum Gasteiger partial charge on any atom is -0.366 e. The molecule has 1 amide bonds. The third-order valence-corrected chi connectivity index (χ3v) is 6.22. The van der Waals surface area contributed by atoms with Gasteiger partial charge in [0.15, 0.2) is 5.78 Å². The number of nitrogens with two attached hydrogens (primary N) is 1. The number of nitrogens with one attached hydrogen (secondary N) is 1. The van der Waals surface area contributed by atoms with Gasteiger partial charge in [-0.3, -0.25) is 14.3 Å². The molecule has 180 valence electrons. The van der Waals surface area contributed by atoms with Crippen molar-refractivity contribution < 1.29 is 9.59 Å². The molecule has 0 spiro atoms. The van der Waals surface area contributed by atoms with Crippen LogP contribution in [0, 0.1) is 0 Å². The molecule has 0 bridgehead atoms. The quantitative estimate of drug-likeness (QED) is 0.315. The van der Waals surface area contributed by atoms with Crippen LogP contribution in [0.15, 0.2) is 91.5 Å². The predicted molar refractivity (Wildman–Crippen MR) is 138 cm³/mol. The molecule has 1 atom stereocenters. The van der Waals surface area contributed by atoms with E-state index in [2.05, 4.69) is 15.5 Å². The summed E-state index contributed by atoms with van der Waals surface area (Å²) in [4.78, 5) is 25.1. The SMILES string of the molecule is Cn1cc(-c2ccc3c(C(=O)[C@@H](NCCc4ccc(C(N)=O)cc4)c4ccccc4)cnn3c2)cn1. The molecule has 3 aromatic heterocycles. The first-order valence-corrected chi connectivity index (χ1v) is 11.7. The number of hydrogen-bond acceptors (Lipinski definition) is 5. The van der Waals surface area contributed by atoms with E-state index in [1.807, 2.05) is 74.0 Å². The van der Waals surface area contributed by atoms with E-state index in [0.29, 0.717) is 24.1 Å². The number of carbonyl (C=O) groups excluding carboxylic acids is 2. The summed E-state index contributed by atoms with van der Waals surface area (Å²) in [6.45, 7) is 0.575. The number of primary amides is 1. The molecular formula is C28H26N6O2. The summed E-state index contributed by atoms with van der Waals surface area (Å²) in [6, 6.07) is 20.3. The zero-order chi connectivity index (χ0) is 25.1. The van der Waals surface area contributed by atoms with Gasteiger partial charge in [0.05, 0.1) is 29.5 Å². The Morgan fingerprint density at radius 2 is 1.69 bits per heavy atom. The van der Waals surface area contributed by atoms with E-state index >= 15 is 0 Å². The number of nitrogens with zero attached hydrogens (tertiary/aromatic N) is 4. The number of carbonyl (C=O) groups is 2. The van der Waals surface area contributed by atoms with Crippen LogP contribution in [-0.4, -0.2) is 37.6 Å². The molecule has 5 rings (SSSR count). The zero-order valence-corrected chi connectivity index (χ0v) is 19.8. The molecule has 0 aliphatic rings. The molecule has 0 saturated carbocycles. The van der Waals surface area contributed by atoms with E-state index in [9.17, 15) is 9.59 Å². The van der Waals surface area contributed by atoms with Gasteiger partial charge in [0.1, 0.15) is 0 Å². The van der Waals surface area contributed by atoms with Crippen molar-refractivity contribution in [3.8, 4) is 11.1 Å². The molecule has 0 aliphatic heterocycles. The van der Waals surface area contributed by atoms with Crippen LogP contribution in [0.1, 0.15) is 37.9 Å². The second-order valence-corrected chi connectivity index (χ2v) is 8.68. The Morgan fingerprint density at radius 3 is 2.39 bits per heavy atom. The maximum atomic E-state index is 13.8. The van der Waals surface area contributed by atoms with E-state index in [1.165, 1.54) is 0 Å². The summed E-state index contributed by atoms with van der Waals surface area (Å²) < 4.78 is 3.48. The lowest BCUT2D eigenvalue weighted by atomic mass is 9.97.